The van der Waals surface area contributed by atoms with Crippen molar-refractivity contribution in [2.45, 2.75) is 0 Å². The first kappa shape index (κ1) is 11.9. The summed E-state index contributed by atoms with van der Waals surface area (Å²) in [7, 11) is 0. The number of anilines is 1. The molecule has 0 aliphatic carbocycles. The lowest BCUT2D eigenvalue weighted by Crippen LogP contribution is -2.15. The molecule has 2 heteroatoms. The van der Waals surface area contributed by atoms with Gasteiger partial charge in [0.25, 0.3) is 5.91 Å². The molecule has 0 atom stereocenters. The van der Waals surface area contributed by atoms with E-state index in [4.69, 9.17) is 0 Å². The number of rotatable bonds is 0. The van der Waals surface area contributed by atoms with Crippen LogP contribution in [0.15, 0.2) is 72.8 Å². The second-order valence-electron chi connectivity index (χ2n) is 5.09. The van der Waals surface area contributed by atoms with Crippen molar-refractivity contribution in [2.75, 3.05) is 5.32 Å². The third-order valence-electron chi connectivity index (χ3n) is 3.85. The number of benzene rings is 3. The molecule has 0 aromatic heterocycles. The summed E-state index contributed by atoms with van der Waals surface area (Å²) in [6, 6.07) is 23.9. The quantitative estimate of drug-likeness (QED) is 0.636. The van der Waals surface area contributed by atoms with Gasteiger partial charge >= 0.3 is 0 Å². The molecule has 4 rings (SSSR count). The topological polar surface area (TPSA) is 29.1 Å². The van der Waals surface area contributed by atoms with Gasteiger partial charge in [0.1, 0.15) is 0 Å². The maximum Gasteiger partial charge on any atom is 0.256 e. The molecule has 21 heavy (non-hydrogen) atoms. The van der Waals surface area contributed by atoms with Gasteiger partial charge in [0.2, 0.25) is 0 Å². The molecule has 0 unspecified atom stereocenters. The van der Waals surface area contributed by atoms with E-state index in [1.54, 1.807) is 0 Å². The molecule has 0 radical (unpaired) electrons. The summed E-state index contributed by atoms with van der Waals surface area (Å²) in [5.41, 5.74) is 5.82. The first-order valence-corrected chi connectivity index (χ1v) is 6.94. The fourth-order valence-corrected chi connectivity index (χ4v) is 2.89. The van der Waals surface area contributed by atoms with Gasteiger partial charge in [-0.3, -0.25) is 4.79 Å². The zero-order valence-corrected chi connectivity index (χ0v) is 11.3. The van der Waals surface area contributed by atoms with Crippen molar-refractivity contribution >= 4 is 11.6 Å². The maximum absolute atomic E-state index is 12.5. The molecular weight excluding hydrogens is 258 g/mol. The number of hydrogen-bond acceptors (Lipinski definition) is 1. The van der Waals surface area contributed by atoms with Crippen molar-refractivity contribution < 1.29 is 4.79 Å². The van der Waals surface area contributed by atoms with Crippen LogP contribution in [0.2, 0.25) is 0 Å². The summed E-state index contributed by atoms with van der Waals surface area (Å²) in [5.74, 6) is -0.0625. The Bertz CT molecular complexity index is 851. The summed E-state index contributed by atoms with van der Waals surface area (Å²) >= 11 is 0. The molecule has 1 amide bonds. The van der Waals surface area contributed by atoms with Crippen LogP contribution in [0.1, 0.15) is 10.4 Å². The highest BCUT2D eigenvalue weighted by Gasteiger charge is 2.20. The summed E-state index contributed by atoms with van der Waals surface area (Å²) in [4.78, 5) is 12.5. The smallest absolute Gasteiger partial charge is 0.256 e. The second-order valence-corrected chi connectivity index (χ2v) is 5.09. The van der Waals surface area contributed by atoms with E-state index in [1.807, 2.05) is 60.7 Å². The Balaban J connectivity index is 2.12. The third-order valence-corrected chi connectivity index (χ3v) is 3.85. The summed E-state index contributed by atoms with van der Waals surface area (Å²) in [5, 5.41) is 3.02. The Labute approximate surface area is 123 Å². The van der Waals surface area contributed by atoms with Crippen LogP contribution in [0, 0.1) is 0 Å². The predicted molar refractivity (Wildman–Crippen MR) is 85.3 cm³/mol. The average molecular weight is 271 g/mol. The van der Waals surface area contributed by atoms with Crippen molar-refractivity contribution in [3.05, 3.63) is 78.4 Å². The minimum Gasteiger partial charge on any atom is -0.321 e. The molecular formula is C19H13NO. The number of amides is 1. The SMILES string of the molecule is O=C1Nc2ccccc2-c2ccccc2-c2ccccc21. The van der Waals surface area contributed by atoms with Crippen LogP contribution in [-0.2, 0) is 0 Å². The van der Waals surface area contributed by atoms with Crippen molar-refractivity contribution in [1.82, 2.24) is 0 Å². The van der Waals surface area contributed by atoms with Gasteiger partial charge in [0.05, 0.1) is 0 Å². The van der Waals surface area contributed by atoms with E-state index >= 15 is 0 Å². The lowest BCUT2D eigenvalue weighted by atomic mass is 9.89. The van der Waals surface area contributed by atoms with Gasteiger partial charge in [0.15, 0.2) is 0 Å². The molecule has 0 saturated heterocycles. The van der Waals surface area contributed by atoms with Gasteiger partial charge in [-0.05, 0) is 28.8 Å². The minimum absolute atomic E-state index is 0.0625. The number of fused-ring (bicyclic) bond motifs is 5. The number of hydrogen-bond donors (Lipinski definition) is 1. The molecule has 0 fully saturated rings. The second kappa shape index (κ2) is 4.60. The monoisotopic (exact) mass is 271 g/mol. The highest BCUT2D eigenvalue weighted by atomic mass is 16.1. The van der Waals surface area contributed by atoms with Gasteiger partial charge in [-0.15, -0.1) is 0 Å². The van der Waals surface area contributed by atoms with Crippen molar-refractivity contribution in [2.24, 2.45) is 0 Å². The van der Waals surface area contributed by atoms with Crippen molar-refractivity contribution in [3.8, 4) is 22.3 Å². The Morgan fingerprint density at radius 1 is 0.524 bits per heavy atom. The summed E-state index contributed by atoms with van der Waals surface area (Å²) in [6.45, 7) is 0. The minimum atomic E-state index is -0.0625. The number of carbonyl (C=O) groups is 1. The predicted octanol–water partition coefficient (Wildman–Crippen LogP) is 4.59. The van der Waals surface area contributed by atoms with E-state index in [0.29, 0.717) is 5.56 Å². The highest BCUT2D eigenvalue weighted by molar-refractivity contribution is 6.13. The average Bonchev–Trinajstić information content (AvgIpc) is 2.54. The van der Waals surface area contributed by atoms with Gasteiger partial charge < -0.3 is 5.32 Å². The highest BCUT2D eigenvalue weighted by Crippen LogP contribution is 2.39. The molecule has 1 aliphatic heterocycles. The van der Waals surface area contributed by atoms with Crippen molar-refractivity contribution in [1.29, 1.82) is 0 Å². The van der Waals surface area contributed by atoms with E-state index in [1.165, 1.54) is 0 Å². The van der Waals surface area contributed by atoms with Crippen LogP contribution < -0.4 is 5.32 Å². The molecule has 3 aromatic rings. The molecule has 0 spiro atoms. The first-order chi connectivity index (χ1) is 10.3. The van der Waals surface area contributed by atoms with Crippen LogP contribution in [0.4, 0.5) is 5.69 Å². The number of carbonyl (C=O) groups excluding carboxylic acids is 1. The van der Waals surface area contributed by atoms with Crippen LogP contribution in [0.5, 0.6) is 0 Å². The Morgan fingerprint density at radius 3 is 1.62 bits per heavy atom. The molecule has 2 nitrogen and oxygen atoms in total. The number of nitrogens with one attached hydrogen (secondary N) is 1. The molecule has 0 saturated carbocycles. The van der Waals surface area contributed by atoms with Crippen LogP contribution in [0.25, 0.3) is 22.3 Å². The van der Waals surface area contributed by atoms with Gasteiger partial charge in [-0.2, -0.15) is 0 Å². The Kier molecular flexibility index (Phi) is 2.61. The van der Waals surface area contributed by atoms with E-state index < -0.39 is 0 Å². The largest absolute Gasteiger partial charge is 0.321 e. The molecule has 100 valence electrons. The van der Waals surface area contributed by atoms with Crippen LogP contribution in [-0.4, -0.2) is 5.91 Å². The van der Waals surface area contributed by atoms with E-state index in [9.17, 15) is 4.79 Å². The fourth-order valence-electron chi connectivity index (χ4n) is 2.89. The van der Waals surface area contributed by atoms with E-state index in [-0.39, 0.29) is 5.91 Å². The molecule has 1 aliphatic rings. The summed E-state index contributed by atoms with van der Waals surface area (Å²) < 4.78 is 0. The number of para-hydroxylation sites is 1. The molecule has 3 aromatic carbocycles. The van der Waals surface area contributed by atoms with Gasteiger partial charge in [-0.1, -0.05) is 60.7 Å². The first-order valence-electron chi connectivity index (χ1n) is 6.94. The molecule has 1 N–H and O–H groups in total. The van der Waals surface area contributed by atoms with Crippen LogP contribution in [0.3, 0.4) is 0 Å². The molecule has 0 bridgehead atoms. The Morgan fingerprint density at radius 2 is 0.952 bits per heavy atom. The maximum atomic E-state index is 12.5. The molecule has 1 heterocycles. The lowest BCUT2D eigenvalue weighted by Gasteiger charge is -2.20. The van der Waals surface area contributed by atoms with Crippen LogP contribution >= 0.6 is 0 Å². The van der Waals surface area contributed by atoms with Gasteiger partial charge in [-0.25, -0.2) is 0 Å². The van der Waals surface area contributed by atoms with Gasteiger partial charge in [0, 0.05) is 16.8 Å². The normalized spacial score (nSPS) is 12.3. The van der Waals surface area contributed by atoms with Crippen molar-refractivity contribution in [3.63, 3.8) is 0 Å². The lowest BCUT2D eigenvalue weighted by molar-refractivity contribution is 0.102. The third kappa shape index (κ3) is 1.84. The zero-order valence-electron chi connectivity index (χ0n) is 11.3. The fraction of sp³-hybridized carbons (Fsp3) is 0. The Hall–Kier alpha value is -2.87. The van der Waals surface area contributed by atoms with E-state index in [0.717, 1.165) is 27.9 Å². The summed E-state index contributed by atoms with van der Waals surface area (Å²) in [6.07, 6.45) is 0. The van der Waals surface area contributed by atoms with E-state index in [2.05, 4.69) is 17.4 Å². The zero-order chi connectivity index (χ0) is 14.2. The standard InChI is InChI=1S/C19H13NO/c21-19-17-11-4-3-9-15(17)13-7-1-2-8-14(13)16-10-5-6-12-18(16)20-19/h1-12H,(H,20,21).